The molecule has 3 heterocycles. The average Bonchev–Trinajstić information content (AvgIpc) is 3.46. The van der Waals surface area contributed by atoms with Gasteiger partial charge in [-0.2, -0.15) is 0 Å². The van der Waals surface area contributed by atoms with Crippen LogP contribution in [0.1, 0.15) is 48.7 Å². The predicted octanol–water partition coefficient (Wildman–Crippen LogP) is 4.58. The average molecular weight is 460 g/mol. The van der Waals surface area contributed by atoms with Crippen LogP contribution in [0.2, 0.25) is 0 Å². The van der Waals surface area contributed by atoms with Gasteiger partial charge in [0, 0.05) is 18.7 Å². The highest BCUT2D eigenvalue weighted by atomic mass is 16.3. The summed E-state index contributed by atoms with van der Waals surface area (Å²) in [6.45, 7) is 3.26. The van der Waals surface area contributed by atoms with Crippen LogP contribution in [0.25, 0.3) is 10.8 Å². The number of imide groups is 1. The van der Waals surface area contributed by atoms with Crippen molar-refractivity contribution in [2.45, 2.75) is 44.7 Å². The number of likely N-dealkylation sites (tertiary alicyclic amines) is 1. The van der Waals surface area contributed by atoms with Crippen molar-refractivity contribution >= 4 is 28.6 Å². The van der Waals surface area contributed by atoms with E-state index in [9.17, 15) is 14.4 Å². The number of rotatable bonds is 6. The number of furan rings is 1. The molecule has 1 unspecified atom stereocenters. The molecule has 2 saturated heterocycles. The van der Waals surface area contributed by atoms with E-state index in [1.54, 1.807) is 12.1 Å². The summed E-state index contributed by atoms with van der Waals surface area (Å²) < 4.78 is 5.36. The Kier molecular flexibility index (Phi) is 5.86. The van der Waals surface area contributed by atoms with Crippen molar-refractivity contribution in [2.75, 3.05) is 13.1 Å². The Hall–Kier alpha value is -3.61. The molecule has 0 radical (unpaired) electrons. The second kappa shape index (κ2) is 8.97. The van der Waals surface area contributed by atoms with Crippen LogP contribution in [0.5, 0.6) is 0 Å². The van der Waals surface area contributed by atoms with Gasteiger partial charge in [0.1, 0.15) is 11.3 Å². The molecule has 7 heteroatoms. The molecule has 0 aliphatic carbocycles. The number of nitrogens with one attached hydrogen (secondary N) is 1. The quantitative estimate of drug-likeness (QED) is 0.547. The fraction of sp³-hybridized carbons (Fsp3) is 0.370. The van der Waals surface area contributed by atoms with Crippen LogP contribution >= 0.6 is 0 Å². The molecule has 5 rings (SSSR count). The van der Waals surface area contributed by atoms with E-state index in [1.807, 2.05) is 54.3 Å². The van der Waals surface area contributed by atoms with Crippen molar-refractivity contribution in [1.82, 2.24) is 15.1 Å². The molecule has 2 aromatic carbocycles. The highest BCUT2D eigenvalue weighted by Gasteiger charge is 2.55. The third-order valence-corrected chi connectivity index (χ3v) is 7.24. The summed E-state index contributed by atoms with van der Waals surface area (Å²) in [5.74, 6) is 0.379. The van der Waals surface area contributed by atoms with E-state index >= 15 is 0 Å². The summed E-state index contributed by atoms with van der Waals surface area (Å²) in [5, 5.41) is 5.04. The molecular formula is C27H29N3O4. The molecule has 1 atom stereocenters. The smallest absolute Gasteiger partial charge is 0.325 e. The predicted molar refractivity (Wildman–Crippen MR) is 128 cm³/mol. The monoisotopic (exact) mass is 459 g/mol. The Morgan fingerprint density at radius 2 is 1.82 bits per heavy atom. The van der Waals surface area contributed by atoms with Gasteiger partial charge in [-0.05, 0) is 54.2 Å². The first-order valence-electron chi connectivity index (χ1n) is 12.0. The Balaban J connectivity index is 1.32. The van der Waals surface area contributed by atoms with Crippen LogP contribution in [0.4, 0.5) is 4.79 Å². The Labute approximate surface area is 198 Å². The highest BCUT2D eigenvalue weighted by Crippen LogP contribution is 2.38. The third-order valence-electron chi connectivity index (χ3n) is 7.24. The Bertz CT molecular complexity index is 1210. The molecular weight excluding hydrogens is 430 g/mol. The standard InChI is InChI=1S/C27H29N3O4/c1-2-14-27(25(32)30(26(33)28-27)18-21-9-6-17-34-21)20-12-15-29(16-13-20)24(31)23-11-5-8-19-7-3-4-10-22(19)23/h3-11,17,20H,2,12-16,18H2,1H3,(H,28,33). The largest absolute Gasteiger partial charge is 0.467 e. The van der Waals surface area contributed by atoms with E-state index in [-0.39, 0.29) is 30.3 Å². The van der Waals surface area contributed by atoms with Crippen LogP contribution < -0.4 is 5.32 Å². The zero-order valence-electron chi connectivity index (χ0n) is 19.3. The van der Waals surface area contributed by atoms with Gasteiger partial charge in [0.05, 0.1) is 12.8 Å². The first-order valence-corrected chi connectivity index (χ1v) is 12.0. The Morgan fingerprint density at radius 1 is 1.06 bits per heavy atom. The molecule has 1 N–H and O–H groups in total. The first kappa shape index (κ1) is 22.2. The molecule has 3 aromatic rings. The van der Waals surface area contributed by atoms with Crippen LogP contribution in [-0.4, -0.2) is 46.3 Å². The van der Waals surface area contributed by atoms with E-state index in [1.165, 1.54) is 11.2 Å². The van der Waals surface area contributed by atoms with Gasteiger partial charge in [-0.3, -0.25) is 14.5 Å². The number of hydrogen-bond donors (Lipinski definition) is 1. The molecule has 7 nitrogen and oxygen atoms in total. The summed E-state index contributed by atoms with van der Waals surface area (Å²) in [6, 6.07) is 16.8. The van der Waals surface area contributed by atoms with Gasteiger partial charge in [0.25, 0.3) is 11.8 Å². The van der Waals surface area contributed by atoms with E-state index in [0.29, 0.717) is 43.7 Å². The van der Waals surface area contributed by atoms with Crippen LogP contribution in [0.15, 0.2) is 65.3 Å². The second-order valence-electron chi connectivity index (χ2n) is 9.22. The van der Waals surface area contributed by atoms with Crippen molar-refractivity contribution in [3.05, 3.63) is 72.2 Å². The number of hydrogen-bond acceptors (Lipinski definition) is 4. The van der Waals surface area contributed by atoms with Crippen LogP contribution in [0.3, 0.4) is 0 Å². The molecule has 0 bridgehead atoms. The molecule has 34 heavy (non-hydrogen) atoms. The first-order chi connectivity index (χ1) is 16.5. The lowest BCUT2D eigenvalue weighted by molar-refractivity contribution is -0.134. The van der Waals surface area contributed by atoms with Gasteiger partial charge in [-0.15, -0.1) is 0 Å². The lowest BCUT2D eigenvalue weighted by Crippen LogP contribution is -2.56. The van der Waals surface area contributed by atoms with Crippen LogP contribution in [0, 0.1) is 5.92 Å². The number of amides is 4. The number of piperidine rings is 1. The number of carbonyl (C=O) groups excluding carboxylic acids is 3. The molecule has 2 aliphatic heterocycles. The lowest BCUT2D eigenvalue weighted by Gasteiger charge is -2.41. The van der Waals surface area contributed by atoms with Gasteiger partial charge in [0.2, 0.25) is 0 Å². The summed E-state index contributed by atoms with van der Waals surface area (Å²) >= 11 is 0. The molecule has 176 valence electrons. The van der Waals surface area contributed by atoms with Crippen molar-refractivity contribution in [3.8, 4) is 0 Å². The summed E-state index contributed by atoms with van der Waals surface area (Å²) in [7, 11) is 0. The fourth-order valence-electron chi connectivity index (χ4n) is 5.55. The molecule has 4 amide bonds. The maximum Gasteiger partial charge on any atom is 0.325 e. The molecule has 2 fully saturated rings. The second-order valence-corrected chi connectivity index (χ2v) is 9.22. The normalized spacial score (nSPS) is 21.3. The number of carbonyl (C=O) groups is 3. The maximum atomic E-state index is 13.6. The number of nitrogens with zero attached hydrogens (tertiary/aromatic N) is 2. The summed E-state index contributed by atoms with van der Waals surface area (Å²) in [6.07, 6.45) is 4.22. The van der Waals surface area contributed by atoms with E-state index in [4.69, 9.17) is 4.42 Å². The molecule has 0 saturated carbocycles. The van der Waals surface area contributed by atoms with E-state index in [2.05, 4.69) is 5.32 Å². The Morgan fingerprint density at radius 3 is 2.56 bits per heavy atom. The van der Waals surface area contributed by atoms with E-state index < -0.39 is 5.54 Å². The van der Waals surface area contributed by atoms with Gasteiger partial charge in [0.15, 0.2) is 0 Å². The zero-order valence-corrected chi connectivity index (χ0v) is 19.3. The van der Waals surface area contributed by atoms with Crippen molar-refractivity contribution in [1.29, 1.82) is 0 Å². The lowest BCUT2D eigenvalue weighted by atomic mass is 9.74. The zero-order chi connectivity index (χ0) is 23.7. The van der Waals surface area contributed by atoms with Gasteiger partial charge >= 0.3 is 6.03 Å². The minimum atomic E-state index is -0.924. The molecule has 1 aromatic heterocycles. The van der Waals surface area contributed by atoms with Gasteiger partial charge < -0.3 is 14.6 Å². The SMILES string of the molecule is CCCC1(C2CCN(C(=O)c3cccc4ccccc34)CC2)NC(=O)N(Cc2ccco2)C1=O. The van der Waals surface area contributed by atoms with Crippen LogP contribution in [-0.2, 0) is 11.3 Å². The minimum Gasteiger partial charge on any atom is -0.467 e. The molecule has 0 spiro atoms. The van der Waals surface area contributed by atoms with Crippen molar-refractivity contribution < 1.29 is 18.8 Å². The topological polar surface area (TPSA) is 82.9 Å². The molecule has 2 aliphatic rings. The highest BCUT2D eigenvalue weighted by molar-refractivity contribution is 6.08. The fourth-order valence-corrected chi connectivity index (χ4v) is 5.55. The third kappa shape index (κ3) is 3.75. The minimum absolute atomic E-state index is 0.0148. The van der Waals surface area contributed by atoms with E-state index in [0.717, 1.165) is 17.2 Å². The number of urea groups is 1. The van der Waals surface area contributed by atoms with Gasteiger partial charge in [-0.1, -0.05) is 49.7 Å². The summed E-state index contributed by atoms with van der Waals surface area (Å²) in [4.78, 5) is 42.9. The van der Waals surface area contributed by atoms with Crippen molar-refractivity contribution in [3.63, 3.8) is 0 Å². The number of fused-ring (bicyclic) bond motifs is 1. The van der Waals surface area contributed by atoms with Crippen molar-refractivity contribution in [2.24, 2.45) is 5.92 Å². The van der Waals surface area contributed by atoms with Gasteiger partial charge in [-0.25, -0.2) is 4.79 Å². The number of benzene rings is 2. The maximum absolute atomic E-state index is 13.6. The summed E-state index contributed by atoms with van der Waals surface area (Å²) in [5.41, 5.74) is -0.220.